The van der Waals surface area contributed by atoms with Crippen LogP contribution < -0.4 is 15.4 Å². The minimum atomic E-state index is -3.57. The fraction of sp³-hybridized carbons (Fsp3) is 0.600. The lowest BCUT2D eigenvalue weighted by molar-refractivity contribution is -0.121. The molecule has 3 N–H and O–H groups in total. The molecule has 0 radical (unpaired) electrons. The Morgan fingerprint density at radius 1 is 1.30 bits per heavy atom. The lowest BCUT2D eigenvalue weighted by Crippen LogP contribution is -2.45. The zero-order valence-corrected chi connectivity index (χ0v) is 18.8. The summed E-state index contributed by atoms with van der Waals surface area (Å²) in [5, 5.41) is 6.00. The highest BCUT2D eigenvalue weighted by Crippen LogP contribution is 2.20. The molecule has 1 amide bonds. The monoisotopic (exact) mass is 439 g/mol. The smallest absolute Gasteiger partial charge is 0.240 e. The number of rotatable bonds is 9. The summed E-state index contributed by atoms with van der Waals surface area (Å²) in [5.74, 6) is 1.26. The van der Waals surface area contributed by atoms with Crippen molar-refractivity contribution < 1.29 is 17.9 Å². The van der Waals surface area contributed by atoms with E-state index in [0.717, 1.165) is 37.5 Å². The number of carbonyl (C=O) groups is 1. The van der Waals surface area contributed by atoms with Gasteiger partial charge in [-0.25, -0.2) is 13.1 Å². The average molecular weight is 440 g/mol. The van der Waals surface area contributed by atoms with E-state index in [4.69, 9.17) is 4.74 Å². The van der Waals surface area contributed by atoms with E-state index in [1.54, 1.807) is 32.3 Å². The minimum absolute atomic E-state index is 0.0856. The van der Waals surface area contributed by atoms with E-state index >= 15 is 0 Å². The van der Waals surface area contributed by atoms with E-state index in [9.17, 15) is 13.2 Å². The van der Waals surface area contributed by atoms with E-state index in [0.29, 0.717) is 25.5 Å². The molecule has 1 aromatic rings. The van der Waals surface area contributed by atoms with Crippen LogP contribution in [0.2, 0.25) is 0 Å². The Morgan fingerprint density at radius 2 is 2.03 bits per heavy atom. The Kier molecular flexibility index (Phi) is 9.54. The zero-order chi connectivity index (χ0) is 22.0. The van der Waals surface area contributed by atoms with Gasteiger partial charge >= 0.3 is 0 Å². The topological polar surface area (TPSA) is 112 Å². The van der Waals surface area contributed by atoms with Gasteiger partial charge in [-0.1, -0.05) is 12.1 Å². The Morgan fingerprint density at radius 3 is 2.67 bits per heavy atom. The van der Waals surface area contributed by atoms with Gasteiger partial charge in [0.25, 0.3) is 0 Å². The molecular weight excluding hydrogens is 406 g/mol. The second-order valence-electron chi connectivity index (χ2n) is 7.25. The molecule has 0 aliphatic carbocycles. The van der Waals surface area contributed by atoms with Crippen molar-refractivity contribution in [3.8, 4) is 0 Å². The number of hydrogen-bond acceptors (Lipinski definition) is 5. The van der Waals surface area contributed by atoms with Crippen molar-refractivity contribution in [2.45, 2.75) is 30.7 Å². The van der Waals surface area contributed by atoms with Crippen molar-refractivity contribution >= 4 is 21.9 Å². The molecule has 1 aliphatic heterocycles. The predicted octanol–water partition coefficient (Wildman–Crippen LogP) is 0.535. The van der Waals surface area contributed by atoms with Gasteiger partial charge in [0, 0.05) is 53.8 Å². The van der Waals surface area contributed by atoms with E-state index in [1.165, 1.54) is 7.11 Å². The largest absolute Gasteiger partial charge is 0.383 e. The molecule has 10 heteroatoms. The van der Waals surface area contributed by atoms with Gasteiger partial charge in [-0.05, 0) is 36.5 Å². The molecule has 168 valence electrons. The fourth-order valence-corrected chi connectivity index (χ4v) is 4.49. The van der Waals surface area contributed by atoms with Crippen LogP contribution in [0.3, 0.4) is 0 Å². The number of ether oxygens (including phenoxy) is 1. The summed E-state index contributed by atoms with van der Waals surface area (Å²) in [5.41, 5.74) is 0.847. The molecule has 0 saturated carbocycles. The normalized spacial score (nSPS) is 15.8. The summed E-state index contributed by atoms with van der Waals surface area (Å²) in [6.07, 6.45) is 2.44. The van der Waals surface area contributed by atoms with Crippen LogP contribution >= 0.6 is 0 Å². The van der Waals surface area contributed by atoms with E-state index < -0.39 is 10.0 Å². The summed E-state index contributed by atoms with van der Waals surface area (Å²) in [7, 11) is 1.36. The van der Waals surface area contributed by atoms with Crippen LogP contribution in [0.25, 0.3) is 0 Å². The van der Waals surface area contributed by atoms with Crippen LogP contribution in [-0.4, -0.2) is 72.6 Å². The number of nitrogens with one attached hydrogen (secondary N) is 3. The van der Waals surface area contributed by atoms with Crippen LogP contribution in [0.5, 0.6) is 0 Å². The van der Waals surface area contributed by atoms with E-state index in [2.05, 4.69) is 25.2 Å². The fourth-order valence-electron chi connectivity index (χ4n) is 3.41. The Hall–Kier alpha value is -2.17. The van der Waals surface area contributed by atoms with Crippen molar-refractivity contribution in [2.24, 2.45) is 10.9 Å². The van der Waals surface area contributed by atoms with Gasteiger partial charge in [0.2, 0.25) is 15.9 Å². The molecule has 9 nitrogen and oxygen atoms in total. The Bertz CT molecular complexity index is 820. The summed E-state index contributed by atoms with van der Waals surface area (Å²) in [6.45, 7) is 2.67. The molecule has 1 heterocycles. The van der Waals surface area contributed by atoms with Gasteiger partial charge in [-0.3, -0.25) is 9.79 Å². The van der Waals surface area contributed by atoms with Crippen molar-refractivity contribution in [1.82, 2.24) is 20.3 Å². The minimum Gasteiger partial charge on any atom is -0.383 e. The number of aliphatic imine (C=N–C) groups is 1. The van der Waals surface area contributed by atoms with Crippen molar-refractivity contribution in [3.05, 3.63) is 29.8 Å². The van der Waals surface area contributed by atoms with Crippen LogP contribution in [0.4, 0.5) is 0 Å². The highest BCUT2D eigenvalue weighted by atomic mass is 32.2. The van der Waals surface area contributed by atoms with Crippen molar-refractivity contribution in [1.29, 1.82) is 0 Å². The number of likely N-dealkylation sites (tertiary alicyclic amines) is 1. The third-order valence-electron chi connectivity index (χ3n) is 5.14. The highest BCUT2D eigenvalue weighted by Gasteiger charge is 2.23. The molecule has 30 heavy (non-hydrogen) atoms. The molecule has 1 fully saturated rings. The van der Waals surface area contributed by atoms with Crippen LogP contribution in [0, 0.1) is 5.92 Å². The van der Waals surface area contributed by atoms with Crippen LogP contribution in [-0.2, 0) is 26.1 Å². The van der Waals surface area contributed by atoms with E-state index in [-0.39, 0.29) is 17.3 Å². The lowest BCUT2D eigenvalue weighted by Gasteiger charge is -2.34. The van der Waals surface area contributed by atoms with Gasteiger partial charge < -0.3 is 20.3 Å². The number of methoxy groups -OCH3 is 1. The molecule has 2 rings (SSSR count). The van der Waals surface area contributed by atoms with Gasteiger partial charge in [0.05, 0.1) is 11.5 Å². The molecule has 1 saturated heterocycles. The summed E-state index contributed by atoms with van der Waals surface area (Å²) in [6, 6.07) is 6.84. The molecule has 0 atom stereocenters. The second kappa shape index (κ2) is 11.9. The van der Waals surface area contributed by atoms with Crippen molar-refractivity contribution in [3.63, 3.8) is 0 Å². The Balaban J connectivity index is 1.91. The third-order valence-corrected chi connectivity index (χ3v) is 6.60. The number of hydrogen-bond donors (Lipinski definition) is 3. The number of guanidine groups is 1. The van der Waals surface area contributed by atoms with Gasteiger partial charge in [-0.2, -0.15) is 0 Å². The maximum atomic E-state index is 12.4. The number of piperidine rings is 1. The van der Waals surface area contributed by atoms with Crippen molar-refractivity contribution in [2.75, 3.05) is 47.4 Å². The molecule has 0 bridgehead atoms. The second-order valence-corrected chi connectivity index (χ2v) is 9.01. The first-order chi connectivity index (χ1) is 14.4. The summed E-state index contributed by atoms with van der Waals surface area (Å²) in [4.78, 5) is 18.3. The molecule has 1 aliphatic rings. The standard InChI is InChI=1S/C20H33N5O4S/c1-21-19(26)14-16-7-10-25(11-8-16)20(22-2)23-15-17-5-4-6-18(13-17)30(27,28)24-9-12-29-3/h4-6,13,16,24H,7-12,14-15H2,1-3H3,(H,21,26)(H,22,23). The Labute approximate surface area is 179 Å². The van der Waals surface area contributed by atoms with Gasteiger partial charge in [-0.15, -0.1) is 0 Å². The van der Waals surface area contributed by atoms with Gasteiger partial charge in [0.1, 0.15) is 0 Å². The van der Waals surface area contributed by atoms with E-state index in [1.807, 2.05) is 6.07 Å². The first-order valence-electron chi connectivity index (χ1n) is 10.1. The number of amides is 1. The molecule has 1 aromatic carbocycles. The first-order valence-corrected chi connectivity index (χ1v) is 11.6. The number of carbonyl (C=O) groups excluding carboxylic acids is 1. The molecule has 0 unspecified atom stereocenters. The maximum absolute atomic E-state index is 12.4. The lowest BCUT2D eigenvalue weighted by atomic mass is 9.93. The first kappa shape index (κ1) is 24.1. The maximum Gasteiger partial charge on any atom is 0.240 e. The molecule has 0 aromatic heterocycles. The SMILES string of the molecule is CN=C(NCc1cccc(S(=O)(=O)NCCOC)c1)N1CCC(CC(=O)NC)CC1. The summed E-state index contributed by atoms with van der Waals surface area (Å²) < 4.78 is 32.2. The molecule has 0 spiro atoms. The quantitative estimate of drug-likeness (QED) is 0.294. The zero-order valence-electron chi connectivity index (χ0n) is 18.0. The van der Waals surface area contributed by atoms with Crippen LogP contribution in [0.1, 0.15) is 24.8 Å². The number of sulfonamides is 1. The number of benzene rings is 1. The average Bonchev–Trinajstić information content (AvgIpc) is 2.75. The molecular formula is C20H33N5O4S. The number of nitrogens with zero attached hydrogens (tertiary/aromatic N) is 2. The van der Waals surface area contributed by atoms with Crippen LogP contribution in [0.15, 0.2) is 34.2 Å². The third kappa shape index (κ3) is 7.26. The predicted molar refractivity (Wildman–Crippen MR) is 117 cm³/mol. The summed E-state index contributed by atoms with van der Waals surface area (Å²) >= 11 is 0. The van der Waals surface area contributed by atoms with Gasteiger partial charge in [0.15, 0.2) is 5.96 Å². The highest BCUT2D eigenvalue weighted by molar-refractivity contribution is 7.89.